The van der Waals surface area contributed by atoms with E-state index in [4.69, 9.17) is 0 Å². The predicted molar refractivity (Wildman–Crippen MR) is 111 cm³/mol. The summed E-state index contributed by atoms with van der Waals surface area (Å²) in [6, 6.07) is 0. The Morgan fingerprint density at radius 1 is 1.26 bits per heavy atom. The van der Waals surface area contributed by atoms with Gasteiger partial charge in [0.25, 0.3) is 0 Å². The average Bonchev–Trinajstić information content (AvgIpc) is 3.17. The highest BCUT2D eigenvalue weighted by atomic mass is 127. The molecule has 1 fully saturated rings. The largest absolute Gasteiger partial charge is 0.356 e. The standard InChI is InChI=1S/C17H30N4S.HI/c1-14-13-22-16(21-14)10-6-12-20-17(18-2)19-11-5-9-15-7-3-4-8-15;/h13,15H,3-12H2,1-2H3,(H2,18,19,20);1H. The van der Waals surface area contributed by atoms with Crippen molar-refractivity contribution in [2.24, 2.45) is 10.9 Å². The van der Waals surface area contributed by atoms with Gasteiger partial charge < -0.3 is 10.6 Å². The van der Waals surface area contributed by atoms with Gasteiger partial charge >= 0.3 is 0 Å². The maximum atomic E-state index is 4.49. The third-order valence-electron chi connectivity index (χ3n) is 4.31. The van der Waals surface area contributed by atoms with E-state index in [1.54, 1.807) is 11.3 Å². The van der Waals surface area contributed by atoms with Gasteiger partial charge in [-0.05, 0) is 32.1 Å². The molecule has 1 aromatic heterocycles. The highest BCUT2D eigenvalue weighted by Crippen LogP contribution is 2.28. The normalized spacial score (nSPS) is 15.5. The SMILES string of the molecule is CN=C(NCCCc1nc(C)cs1)NCCCC1CCCC1.I. The lowest BCUT2D eigenvalue weighted by Gasteiger charge is -2.13. The molecular formula is C17H31IN4S. The maximum Gasteiger partial charge on any atom is 0.190 e. The monoisotopic (exact) mass is 450 g/mol. The van der Waals surface area contributed by atoms with E-state index in [1.807, 2.05) is 7.05 Å². The van der Waals surface area contributed by atoms with Crippen molar-refractivity contribution in [1.29, 1.82) is 0 Å². The number of nitrogens with zero attached hydrogens (tertiary/aromatic N) is 2. The molecule has 2 rings (SSSR count). The molecule has 2 N–H and O–H groups in total. The van der Waals surface area contributed by atoms with Crippen LogP contribution in [0.4, 0.5) is 0 Å². The summed E-state index contributed by atoms with van der Waals surface area (Å²) in [7, 11) is 1.84. The first-order valence-electron chi connectivity index (χ1n) is 8.63. The van der Waals surface area contributed by atoms with E-state index < -0.39 is 0 Å². The molecule has 1 heterocycles. The van der Waals surface area contributed by atoms with Crippen LogP contribution in [0.3, 0.4) is 0 Å². The second-order valence-electron chi connectivity index (χ2n) is 6.20. The number of aliphatic imine (C=N–C) groups is 1. The molecule has 0 radical (unpaired) electrons. The Morgan fingerprint density at radius 3 is 2.57 bits per heavy atom. The van der Waals surface area contributed by atoms with E-state index in [2.05, 4.69) is 32.9 Å². The molecule has 0 saturated heterocycles. The van der Waals surface area contributed by atoms with E-state index in [-0.39, 0.29) is 24.0 Å². The van der Waals surface area contributed by atoms with E-state index in [0.717, 1.165) is 43.5 Å². The van der Waals surface area contributed by atoms with Crippen LogP contribution in [-0.2, 0) is 6.42 Å². The minimum atomic E-state index is 0. The minimum Gasteiger partial charge on any atom is -0.356 e. The van der Waals surface area contributed by atoms with Crippen molar-refractivity contribution in [3.05, 3.63) is 16.1 Å². The molecule has 0 bridgehead atoms. The molecule has 0 atom stereocenters. The van der Waals surface area contributed by atoms with Crippen LogP contribution in [0.1, 0.15) is 55.6 Å². The number of rotatable bonds is 8. The molecule has 1 aromatic rings. The van der Waals surface area contributed by atoms with Gasteiger partial charge in [0.2, 0.25) is 0 Å². The van der Waals surface area contributed by atoms with Crippen molar-refractivity contribution >= 4 is 41.3 Å². The minimum absolute atomic E-state index is 0. The average molecular weight is 450 g/mol. The third kappa shape index (κ3) is 8.33. The lowest BCUT2D eigenvalue weighted by molar-refractivity contribution is 0.481. The van der Waals surface area contributed by atoms with Gasteiger partial charge in [0.05, 0.1) is 5.01 Å². The third-order valence-corrected chi connectivity index (χ3v) is 5.33. The summed E-state index contributed by atoms with van der Waals surface area (Å²) >= 11 is 1.76. The second kappa shape index (κ2) is 12.1. The molecule has 132 valence electrons. The van der Waals surface area contributed by atoms with Crippen LogP contribution in [0.15, 0.2) is 10.4 Å². The summed E-state index contributed by atoms with van der Waals surface area (Å²) in [6.45, 7) is 4.03. The fourth-order valence-electron chi connectivity index (χ4n) is 3.08. The molecule has 0 aromatic carbocycles. The van der Waals surface area contributed by atoms with E-state index >= 15 is 0 Å². The first-order chi connectivity index (χ1) is 10.8. The number of aromatic nitrogens is 1. The van der Waals surface area contributed by atoms with Crippen molar-refractivity contribution in [3.63, 3.8) is 0 Å². The lowest BCUT2D eigenvalue weighted by atomic mass is 10.0. The lowest BCUT2D eigenvalue weighted by Crippen LogP contribution is -2.38. The summed E-state index contributed by atoms with van der Waals surface area (Å²) < 4.78 is 0. The molecule has 0 spiro atoms. The zero-order valence-corrected chi connectivity index (χ0v) is 17.6. The van der Waals surface area contributed by atoms with Crippen LogP contribution in [0.5, 0.6) is 0 Å². The van der Waals surface area contributed by atoms with Gasteiger partial charge in [-0.2, -0.15) is 0 Å². The molecule has 0 aliphatic heterocycles. The summed E-state index contributed by atoms with van der Waals surface area (Å²) in [5, 5.41) is 10.2. The Kier molecular flexibility index (Phi) is 10.8. The van der Waals surface area contributed by atoms with Gasteiger partial charge in [-0.3, -0.25) is 4.99 Å². The van der Waals surface area contributed by atoms with Crippen LogP contribution in [0.25, 0.3) is 0 Å². The fourth-order valence-corrected chi connectivity index (χ4v) is 3.90. The highest BCUT2D eigenvalue weighted by Gasteiger charge is 2.13. The Morgan fingerprint density at radius 2 is 1.96 bits per heavy atom. The topological polar surface area (TPSA) is 49.3 Å². The van der Waals surface area contributed by atoms with Gasteiger partial charge in [0.15, 0.2) is 5.96 Å². The molecule has 0 unspecified atom stereocenters. The van der Waals surface area contributed by atoms with Crippen LogP contribution < -0.4 is 10.6 Å². The van der Waals surface area contributed by atoms with Gasteiger partial charge in [0, 0.05) is 37.6 Å². The molecule has 0 amide bonds. The van der Waals surface area contributed by atoms with Crippen molar-refractivity contribution in [2.75, 3.05) is 20.1 Å². The Bertz CT molecular complexity index is 455. The number of guanidine groups is 1. The zero-order chi connectivity index (χ0) is 15.6. The first kappa shape index (κ1) is 20.7. The summed E-state index contributed by atoms with van der Waals surface area (Å²) in [5.74, 6) is 1.92. The fraction of sp³-hybridized carbons (Fsp3) is 0.765. The predicted octanol–water partition coefficient (Wildman–Crippen LogP) is 4.14. The smallest absolute Gasteiger partial charge is 0.190 e. The van der Waals surface area contributed by atoms with Crippen LogP contribution >= 0.6 is 35.3 Å². The second-order valence-corrected chi connectivity index (χ2v) is 7.15. The zero-order valence-electron chi connectivity index (χ0n) is 14.4. The Balaban J connectivity index is 0.00000264. The van der Waals surface area contributed by atoms with E-state index in [1.165, 1.54) is 43.5 Å². The van der Waals surface area contributed by atoms with Crippen molar-refractivity contribution < 1.29 is 0 Å². The highest BCUT2D eigenvalue weighted by molar-refractivity contribution is 14.0. The number of aryl methyl sites for hydroxylation is 2. The number of nitrogens with one attached hydrogen (secondary N) is 2. The number of thiazole rings is 1. The van der Waals surface area contributed by atoms with E-state index in [0.29, 0.717) is 0 Å². The van der Waals surface area contributed by atoms with Crippen LogP contribution in [-0.4, -0.2) is 31.1 Å². The first-order valence-corrected chi connectivity index (χ1v) is 9.51. The van der Waals surface area contributed by atoms with Crippen LogP contribution in [0, 0.1) is 12.8 Å². The van der Waals surface area contributed by atoms with Crippen molar-refractivity contribution in [3.8, 4) is 0 Å². The van der Waals surface area contributed by atoms with Gasteiger partial charge in [-0.25, -0.2) is 4.98 Å². The molecule has 23 heavy (non-hydrogen) atoms. The summed E-state index contributed by atoms with van der Waals surface area (Å²) in [4.78, 5) is 8.78. The van der Waals surface area contributed by atoms with Crippen LogP contribution in [0.2, 0.25) is 0 Å². The van der Waals surface area contributed by atoms with Crippen molar-refractivity contribution in [1.82, 2.24) is 15.6 Å². The van der Waals surface area contributed by atoms with Gasteiger partial charge in [0.1, 0.15) is 0 Å². The summed E-state index contributed by atoms with van der Waals surface area (Å²) in [5.41, 5.74) is 1.13. The number of halogens is 1. The molecule has 4 nitrogen and oxygen atoms in total. The summed E-state index contributed by atoms with van der Waals surface area (Å²) in [6.07, 6.45) is 10.5. The maximum absolute atomic E-state index is 4.49. The van der Waals surface area contributed by atoms with Gasteiger partial charge in [-0.15, -0.1) is 35.3 Å². The van der Waals surface area contributed by atoms with Crippen molar-refractivity contribution in [2.45, 2.75) is 58.3 Å². The van der Waals surface area contributed by atoms with Gasteiger partial charge in [-0.1, -0.05) is 25.7 Å². The molecular weight excluding hydrogens is 419 g/mol. The molecule has 6 heteroatoms. The number of hydrogen-bond donors (Lipinski definition) is 2. The molecule has 1 saturated carbocycles. The quantitative estimate of drug-likeness (QED) is 0.271. The number of hydrogen-bond acceptors (Lipinski definition) is 3. The molecule has 1 aliphatic rings. The Hall–Kier alpha value is -0.370. The molecule has 1 aliphatic carbocycles. The Labute approximate surface area is 162 Å². The van der Waals surface area contributed by atoms with E-state index in [9.17, 15) is 0 Å².